The molecule has 3 heterocycles. The van der Waals surface area contributed by atoms with Gasteiger partial charge in [-0.1, -0.05) is 0 Å². The maximum absolute atomic E-state index is 12.4. The molecular weight excluding hydrogens is 290 g/mol. The molecule has 0 bridgehead atoms. The molecule has 0 unspecified atom stereocenters. The van der Waals surface area contributed by atoms with Crippen LogP contribution < -0.4 is 5.73 Å². The second-order valence-electron chi connectivity index (χ2n) is 5.74. The van der Waals surface area contributed by atoms with Crippen molar-refractivity contribution >= 4 is 22.6 Å². The van der Waals surface area contributed by atoms with E-state index in [1.165, 1.54) is 0 Å². The number of anilines is 1. The summed E-state index contributed by atoms with van der Waals surface area (Å²) >= 11 is 0. The van der Waals surface area contributed by atoms with Crippen molar-refractivity contribution in [2.75, 3.05) is 18.8 Å². The van der Waals surface area contributed by atoms with Crippen LogP contribution in [0.25, 0.3) is 16.6 Å². The Kier molecular flexibility index (Phi) is 3.22. The van der Waals surface area contributed by atoms with Crippen LogP contribution in [0.15, 0.2) is 42.7 Å². The monoisotopic (exact) mass is 307 g/mol. The van der Waals surface area contributed by atoms with Gasteiger partial charge in [0.05, 0.1) is 17.4 Å². The highest BCUT2D eigenvalue weighted by Crippen LogP contribution is 2.23. The number of hydrogen-bond donors (Lipinski definition) is 1. The minimum atomic E-state index is 0.0977. The molecule has 2 N–H and O–H groups in total. The molecular formula is C17H17N5O. The molecule has 23 heavy (non-hydrogen) atoms. The van der Waals surface area contributed by atoms with Crippen LogP contribution in [0.4, 0.5) is 5.82 Å². The van der Waals surface area contributed by atoms with E-state index in [1.807, 2.05) is 35.2 Å². The van der Waals surface area contributed by atoms with E-state index in [0.29, 0.717) is 11.4 Å². The summed E-state index contributed by atoms with van der Waals surface area (Å²) in [6.45, 7) is 1.71. The zero-order valence-electron chi connectivity index (χ0n) is 12.6. The van der Waals surface area contributed by atoms with E-state index in [-0.39, 0.29) is 5.91 Å². The van der Waals surface area contributed by atoms with E-state index < -0.39 is 0 Å². The van der Waals surface area contributed by atoms with Crippen molar-refractivity contribution in [2.24, 2.45) is 0 Å². The SMILES string of the molecule is Nc1nn(-c2ccc(C(=O)N3CCCC3)cc2)c2cnccc12. The summed E-state index contributed by atoms with van der Waals surface area (Å²) in [5.41, 5.74) is 8.37. The van der Waals surface area contributed by atoms with Gasteiger partial charge in [-0.15, -0.1) is 5.10 Å². The average molecular weight is 307 g/mol. The molecule has 0 spiro atoms. The molecule has 0 radical (unpaired) electrons. The number of fused-ring (bicyclic) bond motifs is 1. The first-order valence-corrected chi connectivity index (χ1v) is 7.72. The van der Waals surface area contributed by atoms with Gasteiger partial charge in [0.15, 0.2) is 5.82 Å². The van der Waals surface area contributed by atoms with Gasteiger partial charge in [0.25, 0.3) is 5.91 Å². The molecule has 1 aliphatic rings. The molecule has 6 nitrogen and oxygen atoms in total. The largest absolute Gasteiger partial charge is 0.382 e. The summed E-state index contributed by atoms with van der Waals surface area (Å²) in [6.07, 6.45) is 5.62. The second kappa shape index (κ2) is 5.39. The first-order valence-electron chi connectivity index (χ1n) is 7.72. The number of carbonyl (C=O) groups excluding carboxylic acids is 1. The molecule has 2 aromatic heterocycles. The maximum Gasteiger partial charge on any atom is 0.253 e. The number of pyridine rings is 1. The Balaban J connectivity index is 1.68. The lowest BCUT2D eigenvalue weighted by Gasteiger charge is -2.15. The van der Waals surface area contributed by atoms with E-state index in [9.17, 15) is 4.79 Å². The van der Waals surface area contributed by atoms with Gasteiger partial charge in [-0.25, -0.2) is 4.68 Å². The Morgan fingerprint density at radius 3 is 2.57 bits per heavy atom. The molecule has 0 aliphatic carbocycles. The van der Waals surface area contributed by atoms with Gasteiger partial charge in [0.1, 0.15) is 0 Å². The number of nitrogens with two attached hydrogens (primary N) is 1. The normalized spacial score (nSPS) is 14.5. The highest BCUT2D eigenvalue weighted by Gasteiger charge is 2.19. The van der Waals surface area contributed by atoms with Gasteiger partial charge < -0.3 is 10.6 Å². The van der Waals surface area contributed by atoms with Crippen molar-refractivity contribution < 1.29 is 4.79 Å². The minimum absolute atomic E-state index is 0.0977. The molecule has 1 saturated heterocycles. The predicted molar refractivity (Wildman–Crippen MR) is 88.4 cm³/mol. The average Bonchev–Trinajstić information content (AvgIpc) is 3.23. The standard InChI is InChI=1S/C17H17N5O/c18-16-14-7-8-19-11-15(14)22(20-16)13-5-3-12(4-6-13)17(23)21-9-1-2-10-21/h3-8,11H,1-2,9-10H2,(H2,18,20). The lowest BCUT2D eigenvalue weighted by molar-refractivity contribution is 0.0793. The van der Waals surface area contributed by atoms with Crippen LogP contribution in [0, 0.1) is 0 Å². The predicted octanol–water partition coefficient (Wildman–Crippen LogP) is 2.24. The molecule has 4 rings (SSSR count). The fourth-order valence-corrected chi connectivity index (χ4v) is 3.03. The summed E-state index contributed by atoms with van der Waals surface area (Å²) < 4.78 is 1.75. The Morgan fingerprint density at radius 1 is 1.09 bits per heavy atom. The maximum atomic E-state index is 12.4. The first kappa shape index (κ1) is 13.8. The van der Waals surface area contributed by atoms with Gasteiger partial charge >= 0.3 is 0 Å². The quantitative estimate of drug-likeness (QED) is 0.787. The van der Waals surface area contributed by atoms with Crippen molar-refractivity contribution in [2.45, 2.75) is 12.8 Å². The van der Waals surface area contributed by atoms with Gasteiger partial charge in [-0.3, -0.25) is 9.78 Å². The molecule has 3 aromatic rings. The lowest BCUT2D eigenvalue weighted by atomic mass is 10.2. The van der Waals surface area contributed by atoms with Crippen molar-refractivity contribution in [3.05, 3.63) is 48.3 Å². The van der Waals surface area contributed by atoms with Crippen molar-refractivity contribution in [1.82, 2.24) is 19.7 Å². The van der Waals surface area contributed by atoms with E-state index >= 15 is 0 Å². The molecule has 1 aromatic carbocycles. The lowest BCUT2D eigenvalue weighted by Crippen LogP contribution is -2.27. The number of nitrogen functional groups attached to an aromatic ring is 1. The van der Waals surface area contributed by atoms with E-state index in [0.717, 1.165) is 42.5 Å². The highest BCUT2D eigenvalue weighted by molar-refractivity contribution is 5.95. The summed E-state index contributed by atoms with van der Waals surface area (Å²) in [5, 5.41) is 5.24. The summed E-state index contributed by atoms with van der Waals surface area (Å²) in [7, 11) is 0. The molecule has 1 amide bonds. The number of benzene rings is 1. The molecule has 116 valence electrons. The number of hydrogen-bond acceptors (Lipinski definition) is 4. The summed E-state index contributed by atoms with van der Waals surface area (Å²) in [5.74, 6) is 0.570. The highest BCUT2D eigenvalue weighted by atomic mass is 16.2. The Morgan fingerprint density at radius 2 is 1.83 bits per heavy atom. The molecule has 0 atom stereocenters. The van der Waals surface area contributed by atoms with Crippen molar-refractivity contribution in [3.8, 4) is 5.69 Å². The zero-order chi connectivity index (χ0) is 15.8. The van der Waals surface area contributed by atoms with Crippen LogP contribution in [0.5, 0.6) is 0 Å². The Bertz CT molecular complexity index is 862. The van der Waals surface area contributed by atoms with E-state index in [2.05, 4.69) is 10.1 Å². The first-order chi connectivity index (χ1) is 11.2. The number of aromatic nitrogens is 3. The molecule has 1 fully saturated rings. The van der Waals surface area contributed by atoms with Crippen LogP contribution >= 0.6 is 0 Å². The van der Waals surface area contributed by atoms with Crippen LogP contribution in [-0.2, 0) is 0 Å². The third kappa shape index (κ3) is 2.32. The fraction of sp³-hybridized carbons (Fsp3) is 0.235. The van der Waals surface area contributed by atoms with Crippen molar-refractivity contribution in [3.63, 3.8) is 0 Å². The van der Waals surface area contributed by atoms with E-state index in [4.69, 9.17) is 5.73 Å². The molecule has 1 aliphatic heterocycles. The zero-order valence-corrected chi connectivity index (χ0v) is 12.6. The van der Waals surface area contributed by atoms with Crippen molar-refractivity contribution in [1.29, 1.82) is 0 Å². The third-order valence-electron chi connectivity index (χ3n) is 4.26. The summed E-state index contributed by atoms with van der Waals surface area (Å²) in [4.78, 5) is 18.4. The van der Waals surface area contributed by atoms with Gasteiger partial charge in [-0.05, 0) is 43.2 Å². The molecule has 0 saturated carbocycles. The van der Waals surface area contributed by atoms with Gasteiger partial charge in [0.2, 0.25) is 0 Å². The number of amides is 1. The summed E-state index contributed by atoms with van der Waals surface area (Å²) in [6, 6.07) is 9.32. The third-order valence-corrected chi connectivity index (χ3v) is 4.26. The van der Waals surface area contributed by atoms with Gasteiger partial charge in [-0.2, -0.15) is 0 Å². The fourth-order valence-electron chi connectivity index (χ4n) is 3.03. The number of likely N-dealkylation sites (tertiary alicyclic amines) is 1. The number of rotatable bonds is 2. The van der Waals surface area contributed by atoms with Crippen LogP contribution in [0.2, 0.25) is 0 Å². The topological polar surface area (TPSA) is 77.0 Å². The number of carbonyl (C=O) groups is 1. The van der Waals surface area contributed by atoms with Gasteiger partial charge in [0, 0.05) is 30.2 Å². The smallest absolute Gasteiger partial charge is 0.253 e. The minimum Gasteiger partial charge on any atom is -0.382 e. The van der Waals surface area contributed by atoms with Crippen LogP contribution in [0.1, 0.15) is 23.2 Å². The van der Waals surface area contributed by atoms with E-state index in [1.54, 1.807) is 17.1 Å². The molecule has 6 heteroatoms. The Labute approximate surface area is 133 Å². The number of nitrogens with zero attached hydrogens (tertiary/aromatic N) is 4. The Hall–Kier alpha value is -2.89. The second-order valence-corrected chi connectivity index (χ2v) is 5.74. The van der Waals surface area contributed by atoms with Crippen LogP contribution in [0.3, 0.4) is 0 Å². The van der Waals surface area contributed by atoms with Crippen LogP contribution in [-0.4, -0.2) is 38.7 Å².